The normalized spacial score (nSPS) is 12.4. The molecule has 2 aromatic rings. The molecule has 0 bridgehead atoms. The zero-order chi connectivity index (χ0) is 14.7. The summed E-state index contributed by atoms with van der Waals surface area (Å²) in [5, 5.41) is 4.14. The maximum Gasteiger partial charge on any atom is 0.141 e. The molecule has 0 spiro atoms. The highest BCUT2D eigenvalue weighted by molar-refractivity contribution is 14.1. The van der Waals surface area contributed by atoms with E-state index in [1.807, 2.05) is 25.2 Å². The number of nitrogens with one attached hydrogen (secondary N) is 1. The van der Waals surface area contributed by atoms with Gasteiger partial charge in [-0.25, -0.2) is 4.39 Å². The molecule has 0 radical (unpaired) electrons. The fourth-order valence-electron chi connectivity index (χ4n) is 2.02. The highest BCUT2D eigenvalue weighted by Crippen LogP contribution is 2.26. The van der Waals surface area contributed by atoms with Crippen molar-refractivity contribution in [3.63, 3.8) is 0 Å². The second kappa shape index (κ2) is 7.07. The van der Waals surface area contributed by atoms with Gasteiger partial charge in [0, 0.05) is 9.61 Å². The third kappa shape index (κ3) is 3.85. The number of hydrogen-bond acceptors (Lipinski definition) is 1. The molecule has 1 atom stereocenters. The van der Waals surface area contributed by atoms with Crippen molar-refractivity contribution in [2.24, 2.45) is 0 Å². The lowest BCUT2D eigenvalue weighted by Gasteiger charge is -2.17. The summed E-state index contributed by atoms with van der Waals surface area (Å²) in [6.45, 7) is 0. The molecule has 0 fully saturated rings. The van der Waals surface area contributed by atoms with Crippen molar-refractivity contribution in [2.45, 2.75) is 12.5 Å². The summed E-state index contributed by atoms with van der Waals surface area (Å²) >= 11 is 14.2. The van der Waals surface area contributed by atoms with Crippen molar-refractivity contribution >= 4 is 45.8 Å². The number of hydrogen-bond donors (Lipinski definition) is 1. The first-order valence-electron chi connectivity index (χ1n) is 6.07. The number of halogens is 4. The minimum absolute atomic E-state index is 0.103. The van der Waals surface area contributed by atoms with E-state index in [0.29, 0.717) is 6.42 Å². The van der Waals surface area contributed by atoms with Crippen molar-refractivity contribution in [1.82, 2.24) is 5.32 Å². The first-order chi connectivity index (χ1) is 9.51. The van der Waals surface area contributed by atoms with E-state index < -0.39 is 5.82 Å². The van der Waals surface area contributed by atoms with Crippen LogP contribution in [0.15, 0.2) is 36.4 Å². The van der Waals surface area contributed by atoms with Crippen LogP contribution in [0.1, 0.15) is 17.2 Å². The van der Waals surface area contributed by atoms with Crippen LogP contribution in [0.3, 0.4) is 0 Å². The fourth-order valence-corrected chi connectivity index (χ4v) is 2.75. The van der Waals surface area contributed by atoms with Crippen LogP contribution < -0.4 is 5.32 Å². The Kier molecular flexibility index (Phi) is 5.66. The quantitative estimate of drug-likeness (QED) is 0.663. The van der Waals surface area contributed by atoms with Gasteiger partial charge in [-0.2, -0.15) is 0 Å². The molecule has 1 N–H and O–H groups in total. The van der Waals surface area contributed by atoms with Gasteiger partial charge in [0.25, 0.3) is 0 Å². The molecular formula is C15H13Cl2FIN. The third-order valence-corrected chi connectivity index (χ3v) is 4.98. The van der Waals surface area contributed by atoms with Gasteiger partial charge in [0.05, 0.1) is 10.0 Å². The smallest absolute Gasteiger partial charge is 0.141 e. The zero-order valence-corrected chi connectivity index (χ0v) is 14.4. The summed E-state index contributed by atoms with van der Waals surface area (Å²) in [4.78, 5) is 0. The van der Waals surface area contributed by atoms with Crippen LogP contribution >= 0.6 is 45.8 Å². The molecule has 0 aliphatic rings. The summed E-state index contributed by atoms with van der Waals surface area (Å²) in [7, 11) is 1.89. The van der Waals surface area contributed by atoms with Crippen LogP contribution in [0, 0.1) is 9.39 Å². The average molecular weight is 424 g/mol. The fraction of sp³-hybridized carbons (Fsp3) is 0.200. The molecule has 0 aromatic heterocycles. The summed E-state index contributed by atoms with van der Waals surface area (Å²) in [5.74, 6) is -0.395. The van der Waals surface area contributed by atoms with E-state index >= 15 is 0 Å². The van der Waals surface area contributed by atoms with Gasteiger partial charge >= 0.3 is 0 Å². The third-order valence-electron chi connectivity index (χ3n) is 3.12. The van der Waals surface area contributed by atoms with Gasteiger partial charge in [-0.05, 0) is 71.5 Å². The van der Waals surface area contributed by atoms with E-state index in [2.05, 4.69) is 27.9 Å². The first kappa shape index (κ1) is 16.0. The van der Waals surface area contributed by atoms with Gasteiger partial charge in [-0.1, -0.05) is 35.3 Å². The summed E-state index contributed by atoms with van der Waals surface area (Å²) in [5.41, 5.74) is 2.07. The van der Waals surface area contributed by atoms with E-state index in [0.717, 1.165) is 19.7 Å². The molecule has 20 heavy (non-hydrogen) atoms. The predicted molar refractivity (Wildman–Crippen MR) is 91.1 cm³/mol. The molecule has 0 aliphatic heterocycles. The Morgan fingerprint density at radius 2 is 1.90 bits per heavy atom. The van der Waals surface area contributed by atoms with Gasteiger partial charge in [0.1, 0.15) is 5.82 Å². The monoisotopic (exact) mass is 423 g/mol. The second-order valence-corrected chi connectivity index (χ2v) is 6.44. The zero-order valence-electron chi connectivity index (χ0n) is 10.8. The summed E-state index contributed by atoms with van der Waals surface area (Å²) < 4.78 is 14.2. The molecule has 106 valence electrons. The Morgan fingerprint density at radius 3 is 2.50 bits per heavy atom. The molecule has 5 heteroatoms. The first-order valence-corrected chi connectivity index (χ1v) is 7.91. The molecule has 0 saturated heterocycles. The predicted octanol–water partition coefficient (Wildman–Crippen LogP) is 5.24. The lowest BCUT2D eigenvalue weighted by atomic mass is 9.99. The molecule has 0 amide bonds. The van der Waals surface area contributed by atoms with E-state index in [4.69, 9.17) is 23.2 Å². The molecular weight excluding hydrogens is 411 g/mol. The van der Waals surface area contributed by atoms with Crippen LogP contribution in [0.2, 0.25) is 10.0 Å². The van der Waals surface area contributed by atoms with Crippen LogP contribution in [-0.4, -0.2) is 7.05 Å². The second-order valence-electron chi connectivity index (χ2n) is 4.47. The standard InChI is InChI=1S/C15H13Cl2FIN/c1-20-15(10-3-5-14(19)12(17)8-10)7-9-2-4-13(18)11(16)6-9/h2-6,8,15,20H,7H2,1H3. The number of benzene rings is 2. The highest BCUT2D eigenvalue weighted by Gasteiger charge is 2.12. The van der Waals surface area contributed by atoms with Gasteiger partial charge in [0.15, 0.2) is 0 Å². The van der Waals surface area contributed by atoms with E-state index in [1.54, 1.807) is 12.1 Å². The molecule has 0 heterocycles. The minimum Gasteiger partial charge on any atom is -0.313 e. The van der Waals surface area contributed by atoms with Crippen molar-refractivity contribution in [3.05, 3.63) is 67.0 Å². The van der Waals surface area contributed by atoms with Crippen LogP contribution in [0.5, 0.6) is 0 Å². The molecule has 2 rings (SSSR count). The highest BCUT2D eigenvalue weighted by atomic mass is 127. The largest absolute Gasteiger partial charge is 0.313 e. The average Bonchev–Trinajstić information content (AvgIpc) is 2.43. The van der Waals surface area contributed by atoms with Crippen molar-refractivity contribution in [3.8, 4) is 0 Å². The maximum absolute atomic E-state index is 13.2. The van der Waals surface area contributed by atoms with Gasteiger partial charge < -0.3 is 5.32 Å². The Hall–Kier alpha value is -0.360. The van der Waals surface area contributed by atoms with Gasteiger partial charge in [-0.3, -0.25) is 0 Å². The molecule has 1 nitrogen and oxygen atoms in total. The van der Waals surface area contributed by atoms with E-state index in [1.165, 1.54) is 6.07 Å². The molecule has 2 aromatic carbocycles. The van der Waals surface area contributed by atoms with E-state index in [-0.39, 0.29) is 11.1 Å². The Morgan fingerprint density at radius 1 is 1.15 bits per heavy atom. The molecule has 0 aliphatic carbocycles. The molecule has 1 unspecified atom stereocenters. The topological polar surface area (TPSA) is 12.0 Å². The van der Waals surface area contributed by atoms with Gasteiger partial charge in [0.2, 0.25) is 0 Å². The maximum atomic E-state index is 13.2. The SMILES string of the molecule is CNC(Cc1ccc(F)c(Cl)c1)c1ccc(I)c(Cl)c1. The summed E-state index contributed by atoms with van der Waals surface area (Å²) in [6, 6.07) is 10.9. The van der Waals surface area contributed by atoms with Crippen LogP contribution in [0.4, 0.5) is 4.39 Å². The Labute approximate surface area is 141 Å². The minimum atomic E-state index is -0.395. The lowest BCUT2D eigenvalue weighted by molar-refractivity contribution is 0.589. The Balaban J connectivity index is 2.23. The summed E-state index contributed by atoms with van der Waals surface area (Å²) in [6.07, 6.45) is 0.716. The van der Waals surface area contributed by atoms with E-state index in [9.17, 15) is 4.39 Å². The van der Waals surface area contributed by atoms with Gasteiger partial charge in [-0.15, -0.1) is 0 Å². The van der Waals surface area contributed by atoms with Crippen LogP contribution in [0.25, 0.3) is 0 Å². The number of rotatable bonds is 4. The molecule has 0 saturated carbocycles. The Bertz CT molecular complexity index is 619. The van der Waals surface area contributed by atoms with Crippen molar-refractivity contribution in [2.75, 3.05) is 7.05 Å². The lowest BCUT2D eigenvalue weighted by Crippen LogP contribution is -2.19. The van der Waals surface area contributed by atoms with Crippen molar-refractivity contribution in [1.29, 1.82) is 0 Å². The number of likely N-dealkylation sites (N-methyl/N-ethyl adjacent to an activating group) is 1. The van der Waals surface area contributed by atoms with Crippen molar-refractivity contribution < 1.29 is 4.39 Å². The van der Waals surface area contributed by atoms with Crippen LogP contribution in [-0.2, 0) is 6.42 Å².